The van der Waals surface area contributed by atoms with Crippen LogP contribution in [0.25, 0.3) is 0 Å². The number of carboxylic acids is 1. The van der Waals surface area contributed by atoms with Crippen LogP contribution in [0.3, 0.4) is 0 Å². The number of carboxylic acid groups (broad SMARTS) is 1. The minimum Gasteiger partial charge on any atom is -0.480 e. The molecule has 2 N–H and O–H groups in total. The number of sulfone groups is 1. The number of rotatable bonds is 8. The van der Waals surface area contributed by atoms with E-state index in [2.05, 4.69) is 5.32 Å². The van der Waals surface area contributed by atoms with Crippen LogP contribution in [0.4, 0.5) is 0 Å². The fraction of sp³-hybridized carbons (Fsp3) is 0.818. The molecule has 106 valence electrons. The third-order valence-corrected chi connectivity index (χ3v) is 4.28. The standard InChI is InChI=1S/C11H21NO5S/c1-4-5-6-9(11(14)15)18(16,17)7-10(13)12-8(2)3/h8-9H,4-7H2,1-3H3,(H,12,13)(H,14,15). The molecule has 0 aromatic rings. The van der Waals surface area contributed by atoms with Crippen molar-refractivity contribution in [2.75, 3.05) is 5.75 Å². The van der Waals surface area contributed by atoms with Crippen LogP contribution in [0.15, 0.2) is 0 Å². The van der Waals surface area contributed by atoms with Gasteiger partial charge < -0.3 is 10.4 Å². The first-order valence-electron chi connectivity index (χ1n) is 5.94. The molecule has 0 saturated heterocycles. The largest absolute Gasteiger partial charge is 0.480 e. The van der Waals surface area contributed by atoms with Crippen molar-refractivity contribution >= 4 is 21.7 Å². The zero-order valence-electron chi connectivity index (χ0n) is 11.0. The Morgan fingerprint density at radius 2 is 1.83 bits per heavy atom. The van der Waals surface area contributed by atoms with E-state index < -0.39 is 32.7 Å². The van der Waals surface area contributed by atoms with E-state index in [1.165, 1.54) is 0 Å². The Morgan fingerprint density at radius 3 is 2.22 bits per heavy atom. The molecule has 0 aromatic carbocycles. The van der Waals surface area contributed by atoms with Crippen LogP contribution in [-0.2, 0) is 19.4 Å². The highest BCUT2D eigenvalue weighted by atomic mass is 32.2. The summed E-state index contributed by atoms with van der Waals surface area (Å²) in [6.45, 7) is 5.25. The number of amides is 1. The normalized spacial score (nSPS) is 13.3. The van der Waals surface area contributed by atoms with Crippen LogP contribution >= 0.6 is 0 Å². The molecule has 6 nitrogen and oxygen atoms in total. The molecule has 0 saturated carbocycles. The van der Waals surface area contributed by atoms with Crippen molar-refractivity contribution in [3.05, 3.63) is 0 Å². The van der Waals surface area contributed by atoms with E-state index >= 15 is 0 Å². The Kier molecular flexibility index (Phi) is 6.90. The highest BCUT2D eigenvalue weighted by molar-refractivity contribution is 7.93. The minimum atomic E-state index is -3.95. The summed E-state index contributed by atoms with van der Waals surface area (Å²) in [5, 5.41) is 9.87. The van der Waals surface area contributed by atoms with Crippen LogP contribution in [0.2, 0.25) is 0 Å². The first kappa shape index (κ1) is 16.9. The van der Waals surface area contributed by atoms with E-state index in [4.69, 9.17) is 5.11 Å². The molecule has 1 amide bonds. The fourth-order valence-corrected chi connectivity index (χ4v) is 2.98. The summed E-state index contributed by atoms with van der Waals surface area (Å²) < 4.78 is 23.7. The molecule has 0 aromatic heterocycles. The summed E-state index contributed by atoms with van der Waals surface area (Å²) in [5.74, 6) is -2.82. The van der Waals surface area contributed by atoms with Gasteiger partial charge in [0, 0.05) is 6.04 Å². The molecule has 0 aliphatic heterocycles. The van der Waals surface area contributed by atoms with Crippen molar-refractivity contribution in [2.24, 2.45) is 0 Å². The van der Waals surface area contributed by atoms with Crippen molar-refractivity contribution in [2.45, 2.75) is 51.3 Å². The lowest BCUT2D eigenvalue weighted by atomic mass is 10.2. The van der Waals surface area contributed by atoms with Crippen molar-refractivity contribution in [3.63, 3.8) is 0 Å². The van der Waals surface area contributed by atoms with Gasteiger partial charge in [-0.15, -0.1) is 0 Å². The van der Waals surface area contributed by atoms with Gasteiger partial charge in [0.05, 0.1) is 0 Å². The summed E-state index contributed by atoms with van der Waals surface area (Å²) in [7, 11) is -3.95. The average Bonchev–Trinajstić information content (AvgIpc) is 2.14. The molecule has 0 heterocycles. The monoisotopic (exact) mass is 279 g/mol. The van der Waals surface area contributed by atoms with Gasteiger partial charge in [-0.25, -0.2) is 8.42 Å². The second-order valence-corrected chi connectivity index (χ2v) is 6.68. The number of nitrogens with one attached hydrogen (secondary N) is 1. The van der Waals surface area contributed by atoms with E-state index in [-0.39, 0.29) is 12.5 Å². The smallest absolute Gasteiger partial charge is 0.321 e. The van der Waals surface area contributed by atoms with Gasteiger partial charge in [0.25, 0.3) is 0 Å². The highest BCUT2D eigenvalue weighted by Crippen LogP contribution is 2.12. The average molecular weight is 279 g/mol. The lowest BCUT2D eigenvalue weighted by Gasteiger charge is -2.14. The lowest BCUT2D eigenvalue weighted by molar-refractivity contribution is -0.136. The Labute approximate surface area is 108 Å². The molecule has 0 fully saturated rings. The predicted molar refractivity (Wildman–Crippen MR) is 68.0 cm³/mol. The highest BCUT2D eigenvalue weighted by Gasteiger charge is 2.33. The van der Waals surface area contributed by atoms with E-state index in [9.17, 15) is 18.0 Å². The zero-order valence-corrected chi connectivity index (χ0v) is 11.8. The van der Waals surface area contributed by atoms with Gasteiger partial charge in [-0.1, -0.05) is 19.8 Å². The molecule has 0 spiro atoms. The lowest BCUT2D eigenvalue weighted by Crippen LogP contribution is -2.40. The quantitative estimate of drug-likeness (QED) is 0.676. The Hall–Kier alpha value is -1.11. The third kappa shape index (κ3) is 6.00. The number of unbranched alkanes of at least 4 members (excludes halogenated alkanes) is 1. The maximum Gasteiger partial charge on any atom is 0.321 e. The summed E-state index contributed by atoms with van der Waals surface area (Å²) >= 11 is 0. The summed E-state index contributed by atoms with van der Waals surface area (Å²) in [4.78, 5) is 22.3. The topological polar surface area (TPSA) is 101 Å². The molecular weight excluding hydrogens is 258 g/mol. The van der Waals surface area contributed by atoms with Crippen molar-refractivity contribution < 1.29 is 23.1 Å². The fourth-order valence-electron chi connectivity index (χ4n) is 1.49. The summed E-state index contributed by atoms with van der Waals surface area (Å²) in [5.41, 5.74) is 0. The Balaban J connectivity index is 4.75. The van der Waals surface area contributed by atoms with Gasteiger partial charge in [-0.05, 0) is 20.3 Å². The van der Waals surface area contributed by atoms with Gasteiger partial charge >= 0.3 is 5.97 Å². The van der Waals surface area contributed by atoms with Gasteiger partial charge in [0.1, 0.15) is 5.75 Å². The van der Waals surface area contributed by atoms with Crippen molar-refractivity contribution in [1.82, 2.24) is 5.32 Å². The number of hydrogen-bond acceptors (Lipinski definition) is 4. The molecule has 0 radical (unpaired) electrons. The number of hydrogen-bond donors (Lipinski definition) is 2. The molecule has 1 atom stereocenters. The van der Waals surface area contributed by atoms with E-state index in [1.54, 1.807) is 13.8 Å². The van der Waals surface area contributed by atoms with Gasteiger partial charge in [0.2, 0.25) is 5.91 Å². The molecule has 0 bridgehead atoms. The molecule has 1 unspecified atom stereocenters. The molecule has 7 heteroatoms. The van der Waals surface area contributed by atoms with Crippen molar-refractivity contribution in [1.29, 1.82) is 0 Å². The molecule has 18 heavy (non-hydrogen) atoms. The van der Waals surface area contributed by atoms with Gasteiger partial charge in [-0.2, -0.15) is 0 Å². The molecular formula is C11H21NO5S. The Bertz CT molecular complexity index is 388. The third-order valence-electron chi connectivity index (χ3n) is 2.31. The predicted octanol–water partition coefficient (Wildman–Crippen LogP) is 0.569. The SMILES string of the molecule is CCCCC(C(=O)O)S(=O)(=O)CC(=O)NC(C)C. The van der Waals surface area contributed by atoms with E-state index in [0.29, 0.717) is 12.8 Å². The molecule has 0 aliphatic rings. The van der Waals surface area contributed by atoms with Crippen LogP contribution in [-0.4, -0.2) is 42.4 Å². The van der Waals surface area contributed by atoms with Crippen LogP contribution in [0, 0.1) is 0 Å². The van der Waals surface area contributed by atoms with Crippen molar-refractivity contribution in [3.8, 4) is 0 Å². The van der Waals surface area contributed by atoms with Crippen LogP contribution in [0.1, 0.15) is 40.0 Å². The second kappa shape index (κ2) is 7.35. The first-order chi connectivity index (χ1) is 8.20. The number of carbonyl (C=O) groups is 2. The van der Waals surface area contributed by atoms with Crippen LogP contribution in [0.5, 0.6) is 0 Å². The first-order valence-corrected chi connectivity index (χ1v) is 7.66. The van der Waals surface area contributed by atoms with Crippen LogP contribution < -0.4 is 5.32 Å². The number of aliphatic carboxylic acids is 1. The number of carbonyl (C=O) groups excluding carboxylic acids is 1. The zero-order chi connectivity index (χ0) is 14.3. The summed E-state index contributed by atoms with van der Waals surface area (Å²) in [6.07, 6.45) is 1.25. The maximum atomic E-state index is 11.8. The van der Waals surface area contributed by atoms with E-state index in [0.717, 1.165) is 0 Å². The maximum absolute atomic E-state index is 11.8. The second-order valence-electron chi connectivity index (χ2n) is 4.50. The Morgan fingerprint density at radius 1 is 1.28 bits per heavy atom. The molecule has 0 aliphatic carbocycles. The van der Waals surface area contributed by atoms with E-state index in [1.807, 2.05) is 6.92 Å². The minimum absolute atomic E-state index is 0.0448. The molecule has 0 rings (SSSR count). The van der Waals surface area contributed by atoms with Gasteiger partial charge in [-0.3, -0.25) is 9.59 Å². The van der Waals surface area contributed by atoms with Gasteiger partial charge in [0.15, 0.2) is 15.1 Å². The summed E-state index contributed by atoms with van der Waals surface area (Å²) in [6, 6.07) is -0.174.